The number of hydrogen-bond donors (Lipinski definition) is 2. The van der Waals surface area contributed by atoms with Crippen LogP contribution in [0.1, 0.15) is 10.4 Å². The minimum atomic E-state index is -0.524. The number of carbonyl (C=O) groups is 2. The van der Waals surface area contributed by atoms with Crippen LogP contribution in [-0.2, 0) is 4.79 Å². The van der Waals surface area contributed by atoms with Crippen LogP contribution in [0.3, 0.4) is 0 Å². The van der Waals surface area contributed by atoms with Crippen molar-refractivity contribution >= 4 is 22.7 Å². The number of amides is 2. The summed E-state index contributed by atoms with van der Waals surface area (Å²) in [7, 11) is 2.10. The molecule has 0 spiro atoms. The Labute approximate surface area is 151 Å². The third-order valence-corrected chi connectivity index (χ3v) is 5.45. The van der Waals surface area contributed by atoms with Gasteiger partial charge in [-0.3, -0.25) is 14.4 Å². The van der Waals surface area contributed by atoms with Gasteiger partial charge in [0.05, 0.1) is 6.54 Å². The van der Waals surface area contributed by atoms with Crippen molar-refractivity contribution in [2.24, 2.45) is 11.8 Å². The van der Waals surface area contributed by atoms with Gasteiger partial charge in [0.2, 0.25) is 11.3 Å². The van der Waals surface area contributed by atoms with E-state index < -0.39 is 5.91 Å². The number of likely N-dealkylation sites (tertiary alicyclic amines) is 2. The Bertz CT molecular complexity index is 908. The topological polar surface area (TPSA) is 85.5 Å². The second-order valence-corrected chi connectivity index (χ2v) is 7.30. The molecule has 136 valence electrons. The predicted octanol–water partition coefficient (Wildman–Crippen LogP) is 0.278. The van der Waals surface area contributed by atoms with Gasteiger partial charge in [-0.05, 0) is 31.0 Å². The Hall–Kier alpha value is -2.67. The van der Waals surface area contributed by atoms with E-state index in [1.165, 1.54) is 6.20 Å². The number of nitrogens with zero attached hydrogens (tertiary/aromatic N) is 2. The van der Waals surface area contributed by atoms with Crippen LogP contribution in [0.25, 0.3) is 10.9 Å². The van der Waals surface area contributed by atoms with Crippen LogP contribution in [0.15, 0.2) is 35.3 Å². The van der Waals surface area contributed by atoms with Crippen molar-refractivity contribution in [2.75, 3.05) is 39.8 Å². The maximum absolute atomic E-state index is 12.5. The highest BCUT2D eigenvalue weighted by Crippen LogP contribution is 2.29. The summed E-state index contributed by atoms with van der Waals surface area (Å²) in [6, 6.07) is 7.03. The number of hydrogen-bond acceptors (Lipinski definition) is 4. The van der Waals surface area contributed by atoms with E-state index in [0.717, 1.165) is 26.2 Å². The maximum atomic E-state index is 12.5. The Morgan fingerprint density at radius 2 is 1.85 bits per heavy atom. The average Bonchev–Trinajstić information content (AvgIpc) is 3.17. The molecule has 2 aliphatic heterocycles. The summed E-state index contributed by atoms with van der Waals surface area (Å²) in [6.45, 7) is 3.46. The molecule has 7 heteroatoms. The van der Waals surface area contributed by atoms with E-state index in [2.05, 4.69) is 22.2 Å². The molecule has 2 fully saturated rings. The van der Waals surface area contributed by atoms with Crippen LogP contribution in [0.2, 0.25) is 0 Å². The van der Waals surface area contributed by atoms with E-state index in [9.17, 15) is 14.4 Å². The van der Waals surface area contributed by atoms with E-state index in [-0.39, 0.29) is 23.4 Å². The van der Waals surface area contributed by atoms with Crippen molar-refractivity contribution in [3.05, 3.63) is 46.2 Å². The lowest BCUT2D eigenvalue weighted by Crippen LogP contribution is -2.41. The fraction of sp³-hybridized carbons (Fsp3) is 0.421. The molecular weight excluding hydrogens is 332 g/mol. The Morgan fingerprint density at radius 1 is 1.15 bits per heavy atom. The van der Waals surface area contributed by atoms with Crippen LogP contribution in [-0.4, -0.2) is 66.4 Å². The molecular formula is C19H22N4O3. The van der Waals surface area contributed by atoms with E-state index in [1.54, 1.807) is 18.2 Å². The Balaban J connectivity index is 1.39. The molecule has 0 bridgehead atoms. The number of rotatable bonds is 3. The largest absolute Gasteiger partial charge is 0.360 e. The molecule has 1 aromatic carbocycles. The smallest absolute Gasteiger partial charge is 0.257 e. The zero-order valence-corrected chi connectivity index (χ0v) is 14.7. The number of pyridine rings is 1. The molecule has 0 aliphatic carbocycles. The first kappa shape index (κ1) is 16.8. The lowest BCUT2D eigenvalue weighted by atomic mass is 10.0. The number of aromatic nitrogens is 1. The third-order valence-electron chi connectivity index (χ3n) is 5.45. The molecule has 0 radical (unpaired) electrons. The summed E-state index contributed by atoms with van der Waals surface area (Å²) in [4.78, 5) is 44.3. The van der Waals surface area contributed by atoms with Gasteiger partial charge < -0.3 is 20.1 Å². The zero-order valence-electron chi connectivity index (χ0n) is 14.7. The van der Waals surface area contributed by atoms with Crippen molar-refractivity contribution < 1.29 is 9.59 Å². The molecule has 2 aromatic rings. The second kappa shape index (κ2) is 6.57. The number of fused-ring (bicyclic) bond motifs is 2. The van der Waals surface area contributed by atoms with Gasteiger partial charge in [0, 0.05) is 43.3 Å². The third kappa shape index (κ3) is 2.99. The van der Waals surface area contributed by atoms with E-state index >= 15 is 0 Å². The van der Waals surface area contributed by atoms with Gasteiger partial charge in [-0.1, -0.05) is 12.1 Å². The average molecular weight is 354 g/mol. The first-order chi connectivity index (χ1) is 12.5. The van der Waals surface area contributed by atoms with E-state index in [1.807, 2.05) is 11.0 Å². The van der Waals surface area contributed by atoms with Gasteiger partial charge >= 0.3 is 0 Å². The quantitative estimate of drug-likeness (QED) is 0.829. The molecule has 1 aromatic heterocycles. The summed E-state index contributed by atoms with van der Waals surface area (Å²) < 4.78 is 0. The van der Waals surface area contributed by atoms with Gasteiger partial charge in [-0.25, -0.2) is 0 Å². The molecule has 7 nitrogen and oxygen atoms in total. The number of para-hydroxylation sites is 1. The highest BCUT2D eigenvalue weighted by molar-refractivity contribution is 5.98. The lowest BCUT2D eigenvalue weighted by molar-refractivity contribution is -0.129. The van der Waals surface area contributed by atoms with Gasteiger partial charge in [0.1, 0.15) is 5.56 Å². The number of nitrogens with one attached hydrogen (secondary N) is 2. The highest BCUT2D eigenvalue weighted by atomic mass is 16.2. The van der Waals surface area contributed by atoms with Gasteiger partial charge in [0.25, 0.3) is 5.91 Å². The van der Waals surface area contributed by atoms with E-state index in [4.69, 9.17) is 0 Å². The zero-order chi connectivity index (χ0) is 18.3. The first-order valence-electron chi connectivity index (χ1n) is 8.88. The molecule has 2 aliphatic rings. The summed E-state index contributed by atoms with van der Waals surface area (Å²) in [5, 5.41) is 3.06. The Morgan fingerprint density at radius 3 is 2.58 bits per heavy atom. The number of carbonyl (C=O) groups excluding carboxylic acids is 2. The normalized spacial score (nSPS) is 22.6. The molecule has 2 amide bonds. The van der Waals surface area contributed by atoms with Crippen LogP contribution >= 0.6 is 0 Å². The monoisotopic (exact) mass is 354 g/mol. The fourth-order valence-corrected chi connectivity index (χ4v) is 4.13. The summed E-state index contributed by atoms with van der Waals surface area (Å²) >= 11 is 0. The van der Waals surface area contributed by atoms with Crippen LogP contribution in [0.5, 0.6) is 0 Å². The molecule has 2 atom stereocenters. The summed E-state index contributed by atoms with van der Waals surface area (Å²) in [6.07, 6.45) is 1.40. The molecule has 0 unspecified atom stereocenters. The predicted molar refractivity (Wildman–Crippen MR) is 98.0 cm³/mol. The van der Waals surface area contributed by atoms with Crippen molar-refractivity contribution in [3.63, 3.8) is 0 Å². The number of benzene rings is 1. The minimum Gasteiger partial charge on any atom is -0.360 e. The van der Waals surface area contributed by atoms with Crippen LogP contribution in [0, 0.1) is 11.8 Å². The van der Waals surface area contributed by atoms with Crippen molar-refractivity contribution in [3.8, 4) is 0 Å². The standard InChI is InChI=1S/C19H22N4O3/c1-22-8-12-10-23(11-13(12)9-22)17(24)7-21-19(26)15-6-20-16-5-3-2-4-14(16)18(15)25/h2-6,12-13H,7-11H2,1H3,(H,20,25)(H,21,26)/t12-,13+. The van der Waals surface area contributed by atoms with Crippen molar-refractivity contribution in [1.82, 2.24) is 20.1 Å². The summed E-state index contributed by atoms with van der Waals surface area (Å²) in [5.74, 6) is 0.447. The van der Waals surface area contributed by atoms with Gasteiger partial charge in [-0.2, -0.15) is 0 Å². The van der Waals surface area contributed by atoms with Crippen LogP contribution in [0.4, 0.5) is 0 Å². The van der Waals surface area contributed by atoms with E-state index in [0.29, 0.717) is 22.7 Å². The summed E-state index contributed by atoms with van der Waals surface area (Å²) in [5.41, 5.74) is 0.373. The first-order valence-corrected chi connectivity index (χ1v) is 8.88. The maximum Gasteiger partial charge on any atom is 0.257 e. The van der Waals surface area contributed by atoms with Crippen molar-refractivity contribution in [2.45, 2.75) is 0 Å². The Kier molecular flexibility index (Phi) is 4.24. The molecule has 2 N–H and O–H groups in total. The number of aromatic amines is 1. The highest BCUT2D eigenvalue weighted by Gasteiger charge is 2.40. The molecule has 3 heterocycles. The molecule has 4 rings (SSSR count). The molecule has 0 saturated carbocycles. The molecule has 26 heavy (non-hydrogen) atoms. The SMILES string of the molecule is CN1C[C@@H]2CN(C(=O)CNC(=O)c3c[nH]c4ccccc4c3=O)C[C@@H]2C1. The van der Waals surface area contributed by atoms with Gasteiger partial charge in [-0.15, -0.1) is 0 Å². The van der Waals surface area contributed by atoms with Crippen LogP contribution < -0.4 is 10.7 Å². The lowest BCUT2D eigenvalue weighted by Gasteiger charge is -2.19. The number of H-pyrrole nitrogens is 1. The second-order valence-electron chi connectivity index (χ2n) is 7.30. The fourth-order valence-electron chi connectivity index (χ4n) is 4.13. The van der Waals surface area contributed by atoms with Gasteiger partial charge in [0.15, 0.2) is 0 Å². The minimum absolute atomic E-state index is 0.0245. The van der Waals surface area contributed by atoms with Crippen molar-refractivity contribution in [1.29, 1.82) is 0 Å². The molecule has 2 saturated heterocycles.